The molecular weight excluding hydrogens is 388 g/mol. The lowest BCUT2D eigenvalue weighted by atomic mass is 9.82. The quantitative estimate of drug-likeness (QED) is 0.789. The van der Waals surface area contributed by atoms with E-state index in [4.69, 9.17) is 14.6 Å². The summed E-state index contributed by atoms with van der Waals surface area (Å²) in [6.45, 7) is 6.33. The Balaban J connectivity index is 1.76. The fourth-order valence-electron chi connectivity index (χ4n) is 4.38. The molecule has 8 heteroatoms. The number of carbonyl (C=O) groups is 3. The highest BCUT2D eigenvalue weighted by Crippen LogP contribution is 2.41. The lowest BCUT2D eigenvalue weighted by Gasteiger charge is -2.39. The number of carbonyl (C=O) groups excluding carboxylic acids is 2. The van der Waals surface area contributed by atoms with E-state index in [1.807, 2.05) is 51.1 Å². The molecule has 3 rings (SSSR count). The van der Waals surface area contributed by atoms with Crippen LogP contribution in [0.5, 0.6) is 0 Å². The van der Waals surface area contributed by atoms with Crippen molar-refractivity contribution in [2.75, 3.05) is 32.8 Å². The minimum absolute atomic E-state index is 0.0187. The van der Waals surface area contributed by atoms with E-state index in [1.165, 1.54) is 0 Å². The Morgan fingerprint density at radius 3 is 2.43 bits per heavy atom. The van der Waals surface area contributed by atoms with Crippen LogP contribution >= 0.6 is 0 Å². The number of hydrogen-bond donors (Lipinski definition) is 1. The van der Waals surface area contributed by atoms with Crippen LogP contribution < -0.4 is 0 Å². The number of carboxylic acid groups (broad SMARTS) is 1. The van der Waals surface area contributed by atoms with Crippen LogP contribution in [0.2, 0.25) is 0 Å². The molecule has 30 heavy (non-hydrogen) atoms. The van der Waals surface area contributed by atoms with Gasteiger partial charge in [-0.25, -0.2) is 9.59 Å². The summed E-state index contributed by atoms with van der Waals surface area (Å²) in [5, 5.41) is 8.73. The monoisotopic (exact) mass is 418 g/mol. The molecule has 0 radical (unpaired) electrons. The zero-order valence-electron chi connectivity index (χ0n) is 17.7. The summed E-state index contributed by atoms with van der Waals surface area (Å²) in [7, 11) is 0. The lowest BCUT2D eigenvalue weighted by molar-refractivity contribution is -0.146. The number of nitrogens with zero attached hydrogens (tertiary/aromatic N) is 2. The molecule has 1 N–H and O–H groups in total. The van der Waals surface area contributed by atoms with E-state index >= 15 is 0 Å². The summed E-state index contributed by atoms with van der Waals surface area (Å²) in [5.41, 5.74) is 0.562. The Kier molecular flexibility index (Phi) is 6.65. The normalized spacial score (nSPS) is 23.8. The van der Waals surface area contributed by atoms with E-state index in [2.05, 4.69) is 0 Å². The zero-order chi connectivity index (χ0) is 21.9. The fourth-order valence-corrected chi connectivity index (χ4v) is 4.38. The molecule has 2 fully saturated rings. The highest BCUT2D eigenvalue weighted by atomic mass is 16.6. The SMILES string of the molecule is CC(C)(C)OC(=O)N1CC[C@H]2[C@@H](C1)[C@H](c1ccccc1)CN2C(=O)COCC(=O)O. The van der Waals surface area contributed by atoms with Gasteiger partial charge in [-0.3, -0.25) is 4.79 Å². The maximum Gasteiger partial charge on any atom is 0.410 e. The molecule has 2 aliphatic rings. The summed E-state index contributed by atoms with van der Waals surface area (Å²) in [4.78, 5) is 39.6. The van der Waals surface area contributed by atoms with Gasteiger partial charge >= 0.3 is 12.1 Å². The van der Waals surface area contributed by atoms with Gasteiger partial charge in [0.25, 0.3) is 0 Å². The van der Waals surface area contributed by atoms with Gasteiger partial charge in [-0.2, -0.15) is 0 Å². The maximum atomic E-state index is 12.8. The van der Waals surface area contributed by atoms with Gasteiger partial charge in [-0.1, -0.05) is 30.3 Å². The molecule has 8 nitrogen and oxygen atoms in total. The largest absolute Gasteiger partial charge is 0.480 e. The van der Waals surface area contributed by atoms with Crippen molar-refractivity contribution in [1.82, 2.24) is 9.80 Å². The first-order valence-electron chi connectivity index (χ1n) is 10.3. The zero-order valence-corrected chi connectivity index (χ0v) is 17.7. The number of aliphatic carboxylic acids is 1. The molecule has 0 aliphatic carbocycles. The molecule has 0 aromatic heterocycles. The molecule has 0 saturated carbocycles. The third-order valence-corrected chi connectivity index (χ3v) is 5.58. The highest BCUT2D eigenvalue weighted by molar-refractivity contribution is 5.79. The van der Waals surface area contributed by atoms with Gasteiger partial charge in [-0.05, 0) is 32.8 Å². The van der Waals surface area contributed by atoms with Gasteiger partial charge < -0.3 is 24.4 Å². The maximum absolute atomic E-state index is 12.8. The van der Waals surface area contributed by atoms with Gasteiger partial charge in [0.15, 0.2) is 0 Å². The van der Waals surface area contributed by atoms with Crippen LogP contribution in [0.1, 0.15) is 38.7 Å². The van der Waals surface area contributed by atoms with Crippen molar-refractivity contribution in [1.29, 1.82) is 0 Å². The van der Waals surface area contributed by atoms with E-state index in [-0.39, 0.29) is 36.5 Å². The van der Waals surface area contributed by atoms with Crippen molar-refractivity contribution in [3.8, 4) is 0 Å². The first kappa shape index (κ1) is 22.1. The molecule has 2 saturated heterocycles. The first-order valence-corrected chi connectivity index (χ1v) is 10.3. The molecule has 2 heterocycles. The van der Waals surface area contributed by atoms with Crippen LogP contribution in [-0.4, -0.2) is 77.4 Å². The average Bonchev–Trinajstić information content (AvgIpc) is 3.06. The fraction of sp³-hybridized carbons (Fsp3) is 0.591. The number of piperidine rings is 1. The topological polar surface area (TPSA) is 96.4 Å². The minimum Gasteiger partial charge on any atom is -0.480 e. The Labute approximate surface area is 176 Å². The number of fused-ring (bicyclic) bond motifs is 1. The van der Waals surface area contributed by atoms with Crippen LogP contribution in [0, 0.1) is 5.92 Å². The summed E-state index contributed by atoms with van der Waals surface area (Å²) in [6.07, 6.45) is 0.320. The molecule has 1 aromatic rings. The molecule has 3 atom stereocenters. The van der Waals surface area contributed by atoms with E-state index in [0.29, 0.717) is 26.1 Å². The Morgan fingerprint density at radius 1 is 1.10 bits per heavy atom. The van der Waals surface area contributed by atoms with Crippen molar-refractivity contribution in [3.63, 3.8) is 0 Å². The first-order chi connectivity index (χ1) is 14.2. The number of ether oxygens (including phenoxy) is 2. The van der Waals surface area contributed by atoms with E-state index in [1.54, 1.807) is 9.80 Å². The van der Waals surface area contributed by atoms with Crippen molar-refractivity contribution in [2.24, 2.45) is 5.92 Å². The van der Waals surface area contributed by atoms with Crippen molar-refractivity contribution in [2.45, 2.75) is 44.8 Å². The summed E-state index contributed by atoms with van der Waals surface area (Å²) in [5.74, 6) is -1.15. The standard InChI is InChI=1S/C22H30N2O6/c1-22(2,3)30-21(28)23-10-9-18-17(11-23)16(15-7-5-4-6-8-15)12-24(18)19(25)13-29-14-20(26)27/h4-8,16-18H,9-14H2,1-3H3,(H,26,27)/t16-,17-,18-/m0/s1. The van der Waals surface area contributed by atoms with E-state index in [0.717, 1.165) is 5.56 Å². The molecule has 0 unspecified atom stereocenters. The second kappa shape index (κ2) is 9.04. The molecule has 0 bridgehead atoms. The van der Waals surface area contributed by atoms with Crippen LogP contribution in [0.3, 0.4) is 0 Å². The van der Waals surface area contributed by atoms with Crippen molar-refractivity contribution in [3.05, 3.63) is 35.9 Å². The molecule has 1 aromatic carbocycles. The highest BCUT2D eigenvalue weighted by Gasteiger charge is 2.48. The van der Waals surface area contributed by atoms with E-state index < -0.39 is 18.2 Å². The molecule has 0 spiro atoms. The average molecular weight is 418 g/mol. The van der Waals surface area contributed by atoms with Gasteiger partial charge in [0.2, 0.25) is 5.91 Å². The van der Waals surface area contributed by atoms with Gasteiger partial charge in [0.1, 0.15) is 18.8 Å². The second-order valence-electron chi connectivity index (χ2n) is 8.90. The molecular formula is C22H30N2O6. The number of carboxylic acids is 1. The number of amides is 2. The van der Waals surface area contributed by atoms with Crippen LogP contribution in [-0.2, 0) is 19.1 Å². The summed E-state index contributed by atoms with van der Waals surface area (Å²) in [6, 6.07) is 9.96. The summed E-state index contributed by atoms with van der Waals surface area (Å²) < 4.78 is 10.6. The number of hydrogen-bond acceptors (Lipinski definition) is 5. The van der Waals surface area contributed by atoms with Gasteiger partial charge in [-0.15, -0.1) is 0 Å². The van der Waals surface area contributed by atoms with Crippen molar-refractivity contribution < 1.29 is 29.0 Å². The third kappa shape index (κ3) is 5.30. The number of benzene rings is 1. The number of rotatable bonds is 5. The van der Waals surface area contributed by atoms with Gasteiger partial charge in [0, 0.05) is 37.5 Å². The Hall–Kier alpha value is -2.61. The number of likely N-dealkylation sites (tertiary alicyclic amines) is 2. The van der Waals surface area contributed by atoms with Crippen LogP contribution in [0.4, 0.5) is 4.79 Å². The molecule has 2 aliphatic heterocycles. The van der Waals surface area contributed by atoms with Crippen LogP contribution in [0.15, 0.2) is 30.3 Å². The molecule has 2 amide bonds. The van der Waals surface area contributed by atoms with E-state index in [9.17, 15) is 14.4 Å². The summed E-state index contributed by atoms with van der Waals surface area (Å²) >= 11 is 0. The predicted molar refractivity (Wildman–Crippen MR) is 109 cm³/mol. The van der Waals surface area contributed by atoms with Crippen molar-refractivity contribution >= 4 is 18.0 Å². The minimum atomic E-state index is -1.10. The smallest absolute Gasteiger partial charge is 0.410 e. The Bertz CT molecular complexity index is 776. The Morgan fingerprint density at radius 2 is 1.80 bits per heavy atom. The lowest BCUT2D eigenvalue weighted by Crippen LogP contribution is -2.51. The third-order valence-electron chi connectivity index (χ3n) is 5.58. The predicted octanol–water partition coefficient (Wildman–Crippen LogP) is 2.34. The molecule has 164 valence electrons. The van der Waals surface area contributed by atoms with Crippen LogP contribution in [0.25, 0.3) is 0 Å². The van der Waals surface area contributed by atoms with Gasteiger partial charge in [0.05, 0.1) is 0 Å². The second-order valence-corrected chi connectivity index (χ2v) is 8.90.